The van der Waals surface area contributed by atoms with Crippen LogP contribution in [0, 0.1) is 5.82 Å². The predicted octanol–water partition coefficient (Wildman–Crippen LogP) is 4.17. The van der Waals surface area contributed by atoms with Gasteiger partial charge in [0.1, 0.15) is 5.82 Å². The average Bonchev–Trinajstić information content (AvgIpc) is 3.23. The van der Waals surface area contributed by atoms with E-state index in [0.29, 0.717) is 12.1 Å². The topological polar surface area (TPSA) is 107 Å². The van der Waals surface area contributed by atoms with Crippen LogP contribution in [0.2, 0.25) is 0 Å². The van der Waals surface area contributed by atoms with Crippen LogP contribution < -0.4 is 10.6 Å². The normalized spacial score (nSPS) is 10.5. The largest absolute Gasteiger partial charge is 0.490 e. The quantitative estimate of drug-likeness (QED) is 0.472. The van der Waals surface area contributed by atoms with Crippen LogP contribution in [0.3, 0.4) is 0 Å². The molecular weight excluding hydrogens is 408 g/mol. The lowest BCUT2D eigenvalue weighted by atomic mass is 10.1. The van der Waals surface area contributed by atoms with Crippen molar-refractivity contribution < 1.29 is 32.3 Å². The van der Waals surface area contributed by atoms with Crippen molar-refractivity contribution in [3.63, 3.8) is 0 Å². The number of hydrogen-bond donors (Lipinski definition) is 4. The van der Waals surface area contributed by atoms with Gasteiger partial charge in [-0.1, -0.05) is 36.4 Å². The summed E-state index contributed by atoms with van der Waals surface area (Å²) in [4.78, 5) is 20.7. The molecule has 0 radical (unpaired) electrons. The summed E-state index contributed by atoms with van der Waals surface area (Å²) in [6.07, 6.45) is -1.80. The molecule has 4 N–H and O–H groups in total. The van der Waals surface area contributed by atoms with Gasteiger partial charge in [-0.3, -0.25) is 5.10 Å². The second kappa shape index (κ2) is 10.0. The molecule has 158 valence electrons. The molecule has 1 aromatic heterocycles. The molecule has 0 atom stereocenters. The number of hydrogen-bond acceptors (Lipinski definition) is 3. The third-order valence-electron chi connectivity index (χ3n) is 3.59. The number of H-pyrrole nitrogens is 1. The van der Waals surface area contributed by atoms with Crippen molar-refractivity contribution in [1.82, 2.24) is 15.5 Å². The van der Waals surface area contributed by atoms with E-state index in [1.54, 1.807) is 18.5 Å². The Kier molecular flexibility index (Phi) is 7.50. The SMILES string of the molecule is O=C(NCc1ccccc1)Nc1ccc(-c2cn[nH]c2)cc1F.O=C(O)C(F)(F)F. The zero-order chi connectivity index (χ0) is 22.1. The van der Waals surface area contributed by atoms with Crippen LogP contribution in [0.5, 0.6) is 0 Å². The van der Waals surface area contributed by atoms with Gasteiger partial charge in [-0.05, 0) is 23.3 Å². The molecule has 0 saturated heterocycles. The van der Waals surface area contributed by atoms with E-state index in [1.807, 2.05) is 30.3 Å². The summed E-state index contributed by atoms with van der Waals surface area (Å²) in [6.45, 7) is 0.376. The van der Waals surface area contributed by atoms with Gasteiger partial charge in [-0.15, -0.1) is 0 Å². The van der Waals surface area contributed by atoms with Crippen molar-refractivity contribution in [3.8, 4) is 11.1 Å². The van der Waals surface area contributed by atoms with Gasteiger partial charge in [0.2, 0.25) is 0 Å². The fraction of sp³-hybridized carbons (Fsp3) is 0.105. The van der Waals surface area contributed by atoms with Gasteiger partial charge in [-0.25, -0.2) is 14.0 Å². The molecule has 30 heavy (non-hydrogen) atoms. The van der Waals surface area contributed by atoms with Crippen LogP contribution in [-0.2, 0) is 11.3 Å². The van der Waals surface area contributed by atoms with Crippen LogP contribution in [0.25, 0.3) is 11.1 Å². The standard InChI is InChI=1S/C17H15FN4O.C2HF3O2/c18-15-8-13(14-10-20-21-11-14)6-7-16(15)22-17(23)19-9-12-4-2-1-3-5-12;3-2(4,5)1(6)7/h1-8,10-11H,9H2,(H,20,21)(H2,19,22,23);(H,6,7). The maximum atomic E-state index is 14.1. The number of aliphatic carboxylic acids is 1. The first-order chi connectivity index (χ1) is 14.2. The Morgan fingerprint density at radius 3 is 2.27 bits per heavy atom. The monoisotopic (exact) mass is 424 g/mol. The minimum Gasteiger partial charge on any atom is -0.475 e. The first kappa shape index (κ1) is 22.4. The highest BCUT2D eigenvalue weighted by atomic mass is 19.4. The van der Waals surface area contributed by atoms with E-state index in [4.69, 9.17) is 9.90 Å². The summed E-state index contributed by atoms with van der Waals surface area (Å²) in [5.74, 6) is -3.26. The number of urea groups is 1. The van der Waals surface area contributed by atoms with E-state index in [2.05, 4.69) is 20.8 Å². The van der Waals surface area contributed by atoms with Gasteiger partial charge in [0, 0.05) is 18.3 Å². The fourth-order valence-corrected chi connectivity index (χ4v) is 2.15. The molecule has 0 unspecified atom stereocenters. The number of carboxylic acid groups (broad SMARTS) is 1. The van der Waals surface area contributed by atoms with Crippen LogP contribution in [-0.4, -0.2) is 33.5 Å². The predicted molar refractivity (Wildman–Crippen MR) is 100.0 cm³/mol. The molecule has 0 aliphatic carbocycles. The van der Waals surface area contributed by atoms with Crippen LogP contribution in [0.4, 0.5) is 28.0 Å². The summed E-state index contributed by atoms with van der Waals surface area (Å²) >= 11 is 0. The number of carboxylic acids is 1. The van der Waals surface area contributed by atoms with Crippen molar-refractivity contribution in [1.29, 1.82) is 0 Å². The lowest BCUT2D eigenvalue weighted by molar-refractivity contribution is -0.192. The number of carbonyl (C=O) groups is 2. The fourth-order valence-electron chi connectivity index (χ4n) is 2.15. The number of amides is 2. The van der Waals surface area contributed by atoms with Gasteiger partial charge >= 0.3 is 18.2 Å². The Morgan fingerprint density at radius 1 is 1.07 bits per heavy atom. The molecule has 3 rings (SSSR count). The Morgan fingerprint density at radius 2 is 1.73 bits per heavy atom. The number of carbonyl (C=O) groups excluding carboxylic acids is 1. The summed E-state index contributed by atoms with van der Waals surface area (Å²) in [7, 11) is 0. The molecule has 3 aromatic rings. The minimum absolute atomic E-state index is 0.128. The Balaban J connectivity index is 0.000000396. The van der Waals surface area contributed by atoms with Crippen molar-refractivity contribution in [2.45, 2.75) is 12.7 Å². The van der Waals surface area contributed by atoms with Crippen molar-refractivity contribution in [3.05, 3.63) is 72.3 Å². The maximum absolute atomic E-state index is 14.1. The van der Waals surface area contributed by atoms with Gasteiger partial charge in [0.05, 0.1) is 11.9 Å². The minimum atomic E-state index is -5.08. The highest BCUT2D eigenvalue weighted by Crippen LogP contribution is 2.23. The van der Waals surface area contributed by atoms with E-state index in [9.17, 15) is 22.4 Å². The second-order valence-corrected chi connectivity index (χ2v) is 5.78. The Labute approximate surface area is 167 Å². The number of nitrogens with zero attached hydrogens (tertiary/aromatic N) is 1. The molecule has 0 spiro atoms. The molecule has 0 saturated carbocycles. The number of halogens is 4. The molecule has 7 nitrogen and oxygen atoms in total. The Hall–Kier alpha value is -3.89. The van der Waals surface area contributed by atoms with Crippen molar-refractivity contribution in [2.24, 2.45) is 0 Å². The van der Waals surface area contributed by atoms with Crippen LogP contribution in [0.1, 0.15) is 5.56 Å². The van der Waals surface area contributed by atoms with E-state index < -0.39 is 24.0 Å². The third-order valence-corrected chi connectivity index (χ3v) is 3.59. The molecule has 1 heterocycles. The first-order valence-electron chi connectivity index (χ1n) is 8.34. The van der Waals surface area contributed by atoms with E-state index in [0.717, 1.165) is 11.1 Å². The zero-order valence-electron chi connectivity index (χ0n) is 15.2. The second-order valence-electron chi connectivity index (χ2n) is 5.78. The number of aromatic amines is 1. The highest BCUT2D eigenvalue weighted by Gasteiger charge is 2.38. The summed E-state index contributed by atoms with van der Waals surface area (Å²) in [6, 6.07) is 13.6. The molecule has 0 aliphatic heterocycles. The van der Waals surface area contributed by atoms with Crippen LogP contribution in [0.15, 0.2) is 60.9 Å². The zero-order valence-corrected chi connectivity index (χ0v) is 15.2. The number of anilines is 1. The summed E-state index contributed by atoms with van der Waals surface area (Å²) in [5, 5.41) is 18.8. The van der Waals surface area contributed by atoms with Gasteiger partial charge in [0.25, 0.3) is 0 Å². The summed E-state index contributed by atoms with van der Waals surface area (Å²) in [5.41, 5.74) is 2.57. The van der Waals surface area contributed by atoms with E-state index in [1.165, 1.54) is 12.1 Å². The number of rotatable bonds is 4. The number of alkyl halides is 3. The smallest absolute Gasteiger partial charge is 0.475 e. The number of benzene rings is 2. The molecule has 2 amide bonds. The van der Waals surface area contributed by atoms with Crippen molar-refractivity contribution in [2.75, 3.05) is 5.32 Å². The third kappa shape index (κ3) is 6.93. The number of aromatic nitrogens is 2. The molecule has 0 fully saturated rings. The van der Waals surface area contributed by atoms with E-state index >= 15 is 0 Å². The molecule has 2 aromatic carbocycles. The van der Waals surface area contributed by atoms with Gasteiger partial charge in [0.15, 0.2) is 0 Å². The lowest BCUT2D eigenvalue weighted by Gasteiger charge is -2.09. The number of nitrogens with one attached hydrogen (secondary N) is 3. The highest BCUT2D eigenvalue weighted by molar-refractivity contribution is 5.89. The van der Waals surface area contributed by atoms with E-state index in [-0.39, 0.29) is 5.69 Å². The van der Waals surface area contributed by atoms with Crippen LogP contribution >= 0.6 is 0 Å². The maximum Gasteiger partial charge on any atom is 0.490 e. The van der Waals surface area contributed by atoms with Crippen molar-refractivity contribution >= 4 is 17.7 Å². The molecule has 0 aliphatic rings. The molecular formula is C19H16F4N4O3. The lowest BCUT2D eigenvalue weighted by Crippen LogP contribution is -2.28. The molecule has 0 bridgehead atoms. The average molecular weight is 424 g/mol. The van der Waals surface area contributed by atoms with Gasteiger partial charge < -0.3 is 15.7 Å². The molecule has 11 heteroatoms. The summed E-state index contributed by atoms with van der Waals surface area (Å²) < 4.78 is 45.8. The van der Waals surface area contributed by atoms with Gasteiger partial charge in [-0.2, -0.15) is 18.3 Å². The first-order valence-corrected chi connectivity index (χ1v) is 8.34. The Bertz CT molecular complexity index is 977.